The largest absolute Gasteiger partial charge is 0.507 e. The third kappa shape index (κ3) is 3.59. The average Bonchev–Trinajstić information content (AvgIpc) is 3.43. The van der Waals surface area contributed by atoms with Crippen molar-refractivity contribution in [3.8, 4) is 34.5 Å². The Balaban J connectivity index is 1.41. The molecule has 0 spiro atoms. The van der Waals surface area contributed by atoms with Crippen LogP contribution in [0, 0.1) is 6.92 Å². The third-order valence-corrected chi connectivity index (χ3v) is 6.86. The van der Waals surface area contributed by atoms with Crippen molar-refractivity contribution in [3.05, 3.63) is 58.0 Å². The van der Waals surface area contributed by atoms with E-state index >= 15 is 0 Å². The monoisotopic (exact) mass is 507 g/mol. The van der Waals surface area contributed by atoms with Gasteiger partial charge in [-0.15, -0.1) is 0 Å². The number of carbonyl (C=O) groups excluding carboxylic acids is 3. The van der Waals surface area contributed by atoms with Crippen LogP contribution in [0.15, 0.2) is 41.3 Å². The molecule has 2 aliphatic heterocycles. The summed E-state index contributed by atoms with van der Waals surface area (Å²) in [5, 5.41) is 24.4. The van der Waals surface area contributed by atoms with Crippen molar-refractivity contribution in [2.75, 3.05) is 19.9 Å². The summed E-state index contributed by atoms with van der Waals surface area (Å²) in [5.41, 5.74) is -1.38. The quantitative estimate of drug-likeness (QED) is 0.231. The summed E-state index contributed by atoms with van der Waals surface area (Å²) in [5.74, 6) is -0.778. The second-order valence-electron chi connectivity index (χ2n) is 9.18. The minimum Gasteiger partial charge on any atom is -0.507 e. The number of phenolic OH excluding ortho intramolecular Hbond substituents is 2. The molecule has 0 saturated carbocycles. The number of allylic oxidation sites excluding steroid dienone is 4. The Morgan fingerprint density at radius 2 is 1.86 bits per heavy atom. The Kier molecular flexibility index (Phi) is 5.62. The van der Waals surface area contributed by atoms with E-state index in [9.17, 15) is 24.6 Å². The minimum absolute atomic E-state index is 0.0111. The van der Waals surface area contributed by atoms with Crippen LogP contribution in [-0.4, -0.2) is 47.5 Å². The van der Waals surface area contributed by atoms with Crippen LogP contribution in [0.3, 0.4) is 0 Å². The number of hydrogen-bond acceptors (Lipinski definition) is 10. The lowest BCUT2D eigenvalue weighted by molar-refractivity contribution is -0.123. The van der Waals surface area contributed by atoms with Gasteiger partial charge in [-0.2, -0.15) is 0 Å². The zero-order valence-electron chi connectivity index (χ0n) is 20.7. The second kappa shape index (κ2) is 8.58. The van der Waals surface area contributed by atoms with Crippen molar-refractivity contribution in [3.63, 3.8) is 0 Å². The van der Waals surface area contributed by atoms with Gasteiger partial charge in [-0.3, -0.25) is 14.4 Å². The van der Waals surface area contributed by atoms with Crippen LogP contribution in [0.4, 0.5) is 0 Å². The molecule has 10 nitrogen and oxygen atoms in total. The summed E-state index contributed by atoms with van der Waals surface area (Å²) in [4.78, 5) is 39.0. The number of benzene rings is 2. The molecular weight excluding hydrogens is 482 g/mol. The van der Waals surface area contributed by atoms with Crippen LogP contribution >= 0.6 is 0 Å². The Morgan fingerprint density at radius 3 is 2.59 bits per heavy atom. The van der Waals surface area contributed by atoms with Crippen LogP contribution in [0.5, 0.6) is 34.5 Å². The molecule has 2 aromatic rings. The van der Waals surface area contributed by atoms with Gasteiger partial charge in [0.2, 0.25) is 6.79 Å². The Bertz CT molecular complexity index is 1450. The summed E-state index contributed by atoms with van der Waals surface area (Å²) in [6.07, 6.45) is 1.18. The molecule has 1 atom stereocenters. The minimum atomic E-state index is -1.56. The van der Waals surface area contributed by atoms with Crippen molar-refractivity contribution in [2.45, 2.75) is 33.1 Å². The summed E-state index contributed by atoms with van der Waals surface area (Å²) >= 11 is 0. The van der Waals surface area contributed by atoms with Gasteiger partial charge >= 0.3 is 0 Å². The van der Waals surface area contributed by atoms with Gasteiger partial charge in [0, 0.05) is 29.9 Å². The Labute approximate surface area is 212 Å². The highest BCUT2D eigenvalue weighted by Crippen LogP contribution is 2.57. The standard InChI is InChI=1S/C27H25NO9/c1-12-23(31)21(14(3)29)25-22(24(12)32)27(4)19(37-25)10-16(30)20(26(27)33)13(2)28-7-8-34-15-5-6-17-18(9-15)36-11-35-17/h5-6,9-10,28,31-32H,7-8,11H2,1-4H3/t27-/m0/s1. The van der Waals surface area contributed by atoms with Gasteiger partial charge in [0.25, 0.3) is 0 Å². The number of hydrogen-bond donors (Lipinski definition) is 3. The summed E-state index contributed by atoms with van der Waals surface area (Å²) in [6, 6.07) is 5.21. The first kappa shape index (κ1) is 24.2. The van der Waals surface area contributed by atoms with E-state index in [2.05, 4.69) is 5.32 Å². The van der Waals surface area contributed by atoms with Crippen LogP contribution in [-0.2, 0) is 15.0 Å². The fourth-order valence-electron chi connectivity index (χ4n) is 4.82. The van der Waals surface area contributed by atoms with E-state index < -0.39 is 28.5 Å². The van der Waals surface area contributed by atoms with Gasteiger partial charge in [0.15, 0.2) is 28.8 Å². The van der Waals surface area contributed by atoms with Gasteiger partial charge in [-0.25, -0.2) is 0 Å². The van der Waals surface area contributed by atoms with E-state index in [1.807, 2.05) is 0 Å². The predicted octanol–water partition coefficient (Wildman–Crippen LogP) is 2.97. The number of rotatable bonds is 6. The molecule has 2 heterocycles. The number of fused-ring (bicyclic) bond motifs is 4. The lowest BCUT2D eigenvalue weighted by Gasteiger charge is -2.29. The summed E-state index contributed by atoms with van der Waals surface area (Å²) < 4.78 is 22.1. The highest BCUT2D eigenvalue weighted by atomic mass is 16.7. The van der Waals surface area contributed by atoms with E-state index in [1.54, 1.807) is 25.1 Å². The molecule has 0 bridgehead atoms. The first-order valence-electron chi connectivity index (χ1n) is 11.6. The number of phenols is 2. The van der Waals surface area contributed by atoms with E-state index in [0.29, 0.717) is 22.9 Å². The van der Waals surface area contributed by atoms with Crippen LogP contribution < -0.4 is 24.3 Å². The molecule has 3 N–H and O–H groups in total. The molecule has 0 unspecified atom stereocenters. The van der Waals surface area contributed by atoms with Gasteiger partial charge in [0.1, 0.15) is 46.3 Å². The third-order valence-electron chi connectivity index (χ3n) is 6.86. The fraction of sp³-hybridized carbons (Fsp3) is 0.296. The number of nitrogens with one attached hydrogen (secondary N) is 1. The van der Waals surface area contributed by atoms with E-state index in [1.165, 1.54) is 26.8 Å². The smallest absolute Gasteiger partial charge is 0.231 e. The molecule has 1 aliphatic carbocycles. The molecule has 192 valence electrons. The zero-order valence-corrected chi connectivity index (χ0v) is 20.7. The molecule has 37 heavy (non-hydrogen) atoms. The zero-order chi connectivity index (χ0) is 26.6. The van der Waals surface area contributed by atoms with Gasteiger partial charge < -0.3 is 34.5 Å². The van der Waals surface area contributed by atoms with Gasteiger partial charge in [0.05, 0.1) is 11.1 Å². The van der Waals surface area contributed by atoms with Crippen molar-refractivity contribution < 1.29 is 43.5 Å². The molecule has 2 aromatic carbocycles. The topological polar surface area (TPSA) is 141 Å². The fourth-order valence-corrected chi connectivity index (χ4v) is 4.82. The van der Waals surface area contributed by atoms with Crippen molar-refractivity contribution >= 4 is 17.3 Å². The Hall–Kier alpha value is -4.47. The highest BCUT2D eigenvalue weighted by Gasteiger charge is 2.56. The summed E-state index contributed by atoms with van der Waals surface area (Å²) in [6.45, 7) is 6.49. The predicted molar refractivity (Wildman–Crippen MR) is 129 cm³/mol. The Morgan fingerprint density at radius 1 is 1.14 bits per heavy atom. The van der Waals surface area contributed by atoms with Gasteiger partial charge in [-0.05, 0) is 39.8 Å². The molecule has 0 saturated heterocycles. The SMILES string of the molecule is CC(=O)c1c(O)c(C)c(O)c2c1OC1=CC(=O)C(=C(C)NCCOc3ccc4c(c3)OCO4)C(=O)[C@@]12C. The molecule has 5 rings (SSSR count). The lowest BCUT2D eigenvalue weighted by Crippen LogP contribution is -2.41. The van der Waals surface area contributed by atoms with Crippen molar-refractivity contribution in [1.82, 2.24) is 5.32 Å². The van der Waals surface area contributed by atoms with Crippen LogP contribution in [0.25, 0.3) is 0 Å². The van der Waals surface area contributed by atoms with Crippen molar-refractivity contribution in [1.29, 1.82) is 0 Å². The maximum Gasteiger partial charge on any atom is 0.231 e. The molecule has 3 aliphatic rings. The molecule has 0 radical (unpaired) electrons. The maximum atomic E-state index is 13.8. The van der Waals surface area contributed by atoms with E-state index in [-0.39, 0.29) is 59.5 Å². The van der Waals surface area contributed by atoms with E-state index in [0.717, 1.165) is 0 Å². The number of ketones is 3. The van der Waals surface area contributed by atoms with Crippen molar-refractivity contribution in [2.24, 2.45) is 0 Å². The van der Waals surface area contributed by atoms with E-state index in [4.69, 9.17) is 18.9 Å². The average molecular weight is 507 g/mol. The number of Topliss-reactive ketones (excluding diaryl/α,β-unsaturated/α-hetero) is 2. The molecule has 10 heteroatoms. The van der Waals surface area contributed by atoms with Crippen LogP contribution in [0.1, 0.15) is 42.3 Å². The first-order valence-corrected chi connectivity index (χ1v) is 11.6. The lowest BCUT2D eigenvalue weighted by atomic mass is 9.70. The normalized spacial score (nSPS) is 20.6. The second-order valence-corrected chi connectivity index (χ2v) is 9.18. The number of ether oxygens (including phenoxy) is 4. The molecule has 0 aromatic heterocycles. The number of aromatic hydroxyl groups is 2. The molecule has 0 fully saturated rings. The molecule has 0 amide bonds. The summed E-state index contributed by atoms with van der Waals surface area (Å²) in [7, 11) is 0. The molecular formula is C27H25NO9. The number of carbonyl (C=O) groups is 3. The van der Waals surface area contributed by atoms with Gasteiger partial charge in [-0.1, -0.05) is 0 Å². The highest BCUT2D eigenvalue weighted by molar-refractivity contribution is 6.31. The maximum absolute atomic E-state index is 13.8. The van der Waals surface area contributed by atoms with Crippen LogP contribution in [0.2, 0.25) is 0 Å². The first-order chi connectivity index (χ1) is 17.6.